The Morgan fingerprint density at radius 2 is 2.00 bits per heavy atom. The summed E-state index contributed by atoms with van der Waals surface area (Å²) in [6.07, 6.45) is 7.04. The van der Waals surface area contributed by atoms with Crippen LogP contribution in [-0.4, -0.2) is 29.4 Å². The predicted molar refractivity (Wildman–Crippen MR) is 80.2 cm³/mol. The zero-order chi connectivity index (χ0) is 14.7. The minimum Gasteiger partial charge on any atom is -0.334 e. The van der Waals surface area contributed by atoms with Crippen LogP contribution in [0.2, 0.25) is 0 Å². The van der Waals surface area contributed by atoms with Crippen LogP contribution in [0.4, 0.5) is 4.39 Å². The topological polar surface area (TPSA) is 32.3 Å². The third kappa shape index (κ3) is 4.03. The van der Waals surface area contributed by atoms with Gasteiger partial charge in [-0.25, -0.2) is 4.39 Å². The van der Waals surface area contributed by atoms with E-state index in [4.69, 9.17) is 0 Å². The molecule has 1 N–H and O–H groups in total. The summed E-state index contributed by atoms with van der Waals surface area (Å²) >= 11 is 0. The first kappa shape index (κ1) is 14.5. The van der Waals surface area contributed by atoms with E-state index in [-0.39, 0.29) is 11.7 Å². The third-order valence-electron chi connectivity index (χ3n) is 4.45. The zero-order valence-electron chi connectivity index (χ0n) is 12.4. The summed E-state index contributed by atoms with van der Waals surface area (Å²) in [5, 5.41) is 3.38. The van der Waals surface area contributed by atoms with Crippen LogP contribution in [0.5, 0.6) is 0 Å². The van der Waals surface area contributed by atoms with Crippen LogP contribution in [0.3, 0.4) is 0 Å². The average Bonchev–Trinajstić information content (AvgIpc) is 3.18. The molecule has 0 atom stereocenters. The van der Waals surface area contributed by atoms with E-state index in [0.717, 1.165) is 18.4 Å². The molecule has 2 aliphatic carbocycles. The second-order valence-electron chi connectivity index (χ2n) is 6.25. The summed E-state index contributed by atoms with van der Waals surface area (Å²) in [5.74, 6) is -0.0894. The highest BCUT2D eigenvalue weighted by atomic mass is 19.1. The van der Waals surface area contributed by atoms with Crippen molar-refractivity contribution in [1.82, 2.24) is 10.2 Å². The molecule has 1 aromatic carbocycles. The van der Waals surface area contributed by atoms with Gasteiger partial charge in [-0.15, -0.1) is 0 Å². The van der Waals surface area contributed by atoms with Gasteiger partial charge in [-0.2, -0.15) is 0 Å². The Labute approximate surface area is 125 Å². The van der Waals surface area contributed by atoms with Crippen LogP contribution in [-0.2, 0) is 11.3 Å². The van der Waals surface area contributed by atoms with Gasteiger partial charge in [0.15, 0.2) is 0 Å². The van der Waals surface area contributed by atoms with Crippen molar-refractivity contribution < 1.29 is 9.18 Å². The van der Waals surface area contributed by atoms with Gasteiger partial charge >= 0.3 is 0 Å². The molecule has 0 aliphatic heterocycles. The molecule has 0 spiro atoms. The highest BCUT2D eigenvalue weighted by molar-refractivity contribution is 5.79. The van der Waals surface area contributed by atoms with Crippen LogP contribution < -0.4 is 5.32 Å². The number of halogens is 1. The van der Waals surface area contributed by atoms with E-state index in [1.165, 1.54) is 37.8 Å². The van der Waals surface area contributed by atoms with E-state index in [2.05, 4.69) is 5.32 Å². The Bertz CT molecular complexity index is 495. The minimum atomic E-state index is -0.236. The molecule has 2 aliphatic rings. The Hall–Kier alpha value is -1.42. The smallest absolute Gasteiger partial charge is 0.237 e. The van der Waals surface area contributed by atoms with E-state index < -0.39 is 0 Å². The summed E-state index contributed by atoms with van der Waals surface area (Å²) in [6.45, 7) is 0.935. The van der Waals surface area contributed by atoms with Crippen molar-refractivity contribution in [2.24, 2.45) is 0 Å². The predicted octanol–water partition coefficient (Wildman–Crippen LogP) is 2.85. The maximum absolute atomic E-state index is 13.3. The van der Waals surface area contributed by atoms with Crippen molar-refractivity contribution in [1.29, 1.82) is 0 Å². The summed E-state index contributed by atoms with van der Waals surface area (Å²) in [7, 11) is 0. The Morgan fingerprint density at radius 1 is 1.24 bits per heavy atom. The average molecular weight is 290 g/mol. The first-order valence-electron chi connectivity index (χ1n) is 7.99. The minimum absolute atomic E-state index is 0.147. The highest BCUT2D eigenvalue weighted by Gasteiger charge is 2.32. The standard InChI is InChI=1S/C17H23FN2O/c18-14-5-3-4-13(10-14)12-20(16-8-9-16)17(21)11-19-15-6-1-2-7-15/h3-5,10,15-16,19H,1-2,6-9,11-12H2. The van der Waals surface area contributed by atoms with Gasteiger partial charge in [0.2, 0.25) is 5.91 Å². The Kier molecular flexibility index (Phi) is 4.54. The van der Waals surface area contributed by atoms with E-state index in [9.17, 15) is 9.18 Å². The van der Waals surface area contributed by atoms with Crippen molar-refractivity contribution >= 4 is 5.91 Å². The summed E-state index contributed by atoms with van der Waals surface area (Å²) in [5.41, 5.74) is 0.871. The number of nitrogens with one attached hydrogen (secondary N) is 1. The first-order chi connectivity index (χ1) is 10.2. The van der Waals surface area contributed by atoms with Crippen molar-refractivity contribution in [3.63, 3.8) is 0 Å². The molecule has 2 saturated carbocycles. The second-order valence-corrected chi connectivity index (χ2v) is 6.25. The number of carbonyl (C=O) groups excluding carboxylic acids is 1. The zero-order valence-corrected chi connectivity index (χ0v) is 12.4. The van der Waals surface area contributed by atoms with E-state index in [1.54, 1.807) is 6.07 Å². The fourth-order valence-electron chi connectivity index (χ4n) is 3.10. The van der Waals surface area contributed by atoms with Crippen molar-refractivity contribution in [3.8, 4) is 0 Å². The molecule has 0 saturated heterocycles. The lowest BCUT2D eigenvalue weighted by molar-refractivity contribution is -0.131. The molecular weight excluding hydrogens is 267 g/mol. The van der Waals surface area contributed by atoms with Crippen LogP contribution in [0.1, 0.15) is 44.1 Å². The maximum Gasteiger partial charge on any atom is 0.237 e. The van der Waals surface area contributed by atoms with E-state index in [1.807, 2.05) is 11.0 Å². The molecule has 114 valence electrons. The van der Waals surface area contributed by atoms with E-state index >= 15 is 0 Å². The van der Waals surface area contributed by atoms with Gasteiger partial charge in [0.1, 0.15) is 5.82 Å². The van der Waals surface area contributed by atoms with Crippen LogP contribution >= 0.6 is 0 Å². The molecule has 2 fully saturated rings. The number of benzene rings is 1. The number of hydrogen-bond acceptors (Lipinski definition) is 2. The van der Waals surface area contributed by atoms with Gasteiger partial charge in [-0.3, -0.25) is 4.79 Å². The molecule has 21 heavy (non-hydrogen) atoms. The van der Waals surface area contributed by atoms with E-state index in [0.29, 0.717) is 25.2 Å². The lowest BCUT2D eigenvalue weighted by Gasteiger charge is -2.24. The summed E-state index contributed by atoms with van der Waals surface area (Å²) in [4.78, 5) is 14.4. The van der Waals surface area contributed by atoms with Gasteiger partial charge in [-0.05, 0) is 43.4 Å². The molecule has 0 aromatic heterocycles. The maximum atomic E-state index is 13.3. The van der Waals surface area contributed by atoms with Crippen LogP contribution in [0.25, 0.3) is 0 Å². The lowest BCUT2D eigenvalue weighted by atomic mass is 10.2. The van der Waals surface area contributed by atoms with Gasteiger partial charge in [0.05, 0.1) is 6.54 Å². The molecular formula is C17H23FN2O. The fraction of sp³-hybridized carbons (Fsp3) is 0.588. The highest BCUT2D eigenvalue weighted by Crippen LogP contribution is 2.28. The lowest BCUT2D eigenvalue weighted by Crippen LogP contribution is -2.41. The number of nitrogens with zero attached hydrogens (tertiary/aromatic N) is 1. The SMILES string of the molecule is O=C(CNC1CCCC1)N(Cc1cccc(F)c1)C1CC1. The molecule has 0 heterocycles. The summed E-state index contributed by atoms with van der Waals surface area (Å²) in [6, 6.07) is 7.41. The molecule has 3 nitrogen and oxygen atoms in total. The van der Waals surface area contributed by atoms with Crippen molar-refractivity contribution in [2.45, 2.75) is 57.2 Å². The fourth-order valence-corrected chi connectivity index (χ4v) is 3.10. The normalized spacial score (nSPS) is 18.9. The summed E-state index contributed by atoms with van der Waals surface area (Å²) < 4.78 is 13.3. The first-order valence-corrected chi connectivity index (χ1v) is 7.99. The van der Waals surface area contributed by atoms with Crippen molar-refractivity contribution in [3.05, 3.63) is 35.6 Å². The number of rotatable bonds is 6. The van der Waals surface area contributed by atoms with Crippen molar-refractivity contribution in [2.75, 3.05) is 6.54 Å². The molecule has 0 unspecified atom stereocenters. The van der Waals surface area contributed by atoms with Crippen LogP contribution in [0, 0.1) is 5.82 Å². The number of amides is 1. The molecule has 0 radical (unpaired) electrons. The Balaban J connectivity index is 1.57. The van der Waals surface area contributed by atoms with Gasteiger partial charge in [0, 0.05) is 18.6 Å². The Morgan fingerprint density at radius 3 is 2.67 bits per heavy atom. The molecule has 0 bridgehead atoms. The number of hydrogen-bond donors (Lipinski definition) is 1. The molecule has 1 amide bonds. The molecule has 3 rings (SSSR count). The van der Waals surface area contributed by atoms with Gasteiger partial charge < -0.3 is 10.2 Å². The van der Waals surface area contributed by atoms with Gasteiger partial charge in [0.25, 0.3) is 0 Å². The van der Waals surface area contributed by atoms with Crippen LogP contribution in [0.15, 0.2) is 24.3 Å². The number of carbonyl (C=O) groups is 1. The van der Waals surface area contributed by atoms with Gasteiger partial charge in [-0.1, -0.05) is 25.0 Å². The molecule has 1 aromatic rings. The largest absolute Gasteiger partial charge is 0.334 e. The quantitative estimate of drug-likeness (QED) is 0.874. The monoisotopic (exact) mass is 290 g/mol. The second kappa shape index (κ2) is 6.56. The molecule has 4 heteroatoms. The third-order valence-corrected chi connectivity index (χ3v) is 4.45.